The smallest absolute Gasteiger partial charge is 0.407 e. The number of hydrogen-bond acceptors (Lipinski definition) is 4. The number of piperazine rings is 1. The number of rotatable bonds is 2. The lowest BCUT2D eigenvalue weighted by atomic mass is 10.1. The summed E-state index contributed by atoms with van der Waals surface area (Å²) >= 11 is 0. The largest absolute Gasteiger partial charge is 0.465 e. The van der Waals surface area contributed by atoms with Gasteiger partial charge in [-0.25, -0.2) is 9.78 Å². The molecule has 1 amide bonds. The van der Waals surface area contributed by atoms with Crippen LogP contribution >= 0.6 is 0 Å². The number of pyridine rings is 1. The zero-order chi connectivity index (χ0) is 14.0. The van der Waals surface area contributed by atoms with Gasteiger partial charge in [-0.2, -0.15) is 0 Å². The predicted octanol–water partition coefficient (Wildman–Crippen LogP) is 1.12. The maximum absolute atomic E-state index is 11.2. The third kappa shape index (κ3) is 2.78. The Morgan fingerprint density at radius 1 is 1.42 bits per heavy atom. The predicted molar refractivity (Wildman–Crippen MR) is 73.1 cm³/mol. The summed E-state index contributed by atoms with van der Waals surface area (Å²) < 4.78 is 0. The zero-order valence-electron chi connectivity index (χ0n) is 11.3. The van der Waals surface area contributed by atoms with Gasteiger partial charge in [-0.1, -0.05) is 6.07 Å². The molecular weight excluding hydrogens is 244 g/mol. The summed E-state index contributed by atoms with van der Waals surface area (Å²) in [6, 6.07) is 5.66. The highest BCUT2D eigenvalue weighted by Gasteiger charge is 2.33. The van der Waals surface area contributed by atoms with Crippen molar-refractivity contribution in [2.45, 2.75) is 32.5 Å². The summed E-state index contributed by atoms with van der Waals surface area (Å²) in [5.41, 5.74) is 6.44. The molecule has 6 heteroatoms. The minimum Gasteiger partial charge on any atom is -0.465 e. The molecule has 6 nitrogen and oxygen atoms in total. The highest BCUT2D eigenvalue weighted by Crippen LogP contribution is 2.21. The summed E-state index contributed by atoms with van der Waals surface area (Å²) in [6.45, 7) is 5.55. The van der Waals surface area contributed by atoms with Gasteiger partial charge in [0.2, 0.25) is 0 Å². The van der Waals surface area contributed by atoms with Gasteiger partial charge in [0.15, 0.2) is 0 Å². The molecule has 0 saturated carbocycles. The molecule has 1 aromatic heterocycles. The van der Waals surface area contributed by atoms with Crippen molar-refractivity contribution in [3.8, 4) is 0 Å². The first-order valence-electron chi connectivity index (χ1n) is 6.45. The highest BCUT2D eigenvalue weighted by molar-refractivity contribution is 5.66. The molecule has 1 aliphatic rings. The normalized spacial score (nSPS) is 23.5. The van der Waals surface area contributed by atoms with Crippen LogP contribution in [-0.2, 0) is 6.54 Å². The van der Waals surface area contributed by atoms with Gasteiger partial charge in [0.1, 0.15) is 5.82 Å². The molecule has 1 saturated heterocycles. The first-order valence-corrected chi connectivity index (χ1v) is 6.45. The maximum atomic E-state index is 11.2. The quantitative estimate of drug-likeness (QED) is 0.836. The van der Waals surface area contributed by atoms with E-state index in [4.69, 9.17) is 5.73 Å². The standard InChI is InChI=1S/C13H20N4O2/c1-9-7-16(8-10(2)17(9)13(18)19)12-5-3-4-11(6-14)15-12/h3-5,9-10H,6-8,14H2,1-2H3,(H,18,19)/t9-,10+. The number of hydrogen-bond donors (Lipinski definition) is 2. The number of amides is 1. The fourth-order valence-electron chi connectivity index (χ4n) is 2.64. The van der Waals surface area contributed by atoms with Crippen molar-refractivity contribution in [3.05, 3.63) is 23.9 Å². The first kappa shape index (κ1) is 13.6. The molecule has 1 aliphatic heterocycles. The van der Waals surface area contributed by atoms with E-state index >= 15 is 0 Å². The number of anilines is 1. The fraction of sp³-hybridized carbons (Fsp3) is 0.538. The van der Waals surface area contributed by atoms with Crippen molar-refractivity contribution in [3.63, 3.8) is 0 Å². The monoisotopic (exact) mass is 264 g/mol. The van der Waals surface area contributed by atoms with E-state index in [9.17, 15) is 9.90 Å². The van der Waals surface area contributed by atoms with Crippen LogP contribution in [0.4, 0.5) is 10.6 Å². The average Bonchev–Trinajstić information content (AvgIpc) is 2.37. The molecule has 3 N–H and O–H groups in total. The van der Waals surface area contributed by atoms with Gasteiger partial charge in [-0.05, 0) is 26.0 Å². The Morgan fingerprint density at radius 2 is 2.05 bits per heavy atom. The SMILES string of the molecule is C[C@@H]1CN(c2cccc(CN)n2)C[C@H](C)N1C(=O)O. The second-order valence-electron chi connectivity index (χ2n) is 4.98. The van der Waals surface area contributed by atoms with E-state index in [1.54, 1.807) is 0 Å². The van der Waals surface area contributed by atoms with E-state index in [-0.39, 0.29) is 12.1 Å². The number of carboxylic acid groups (broad SMARTS) is 1. The minimum atomic E-state index is -0.858. The molecule has 2 rings (SSSR count). The van der Waals surface area contributed by atoms with Crippen LogP contribution in [0.5, 0.6) is 0 Å². The van der Waals surface area contributed by atoms with E-state index in [0.717, 1.165) is 11.5 Å². The number of carbonyl (C=O) groups is 1. The Morgan fingerprint density at radius 3 is 2.58 bits per heavy atom. The summed E-state index contributed by atoms with van der Waals surface area (Å²) in [7, 11) is 0. The summed E-state index contributed by atoms with van der Waals surface area (Å²) in [6.07, 6.45) is -0.858. The van der Waals surface area contributed by atoms with Crippen molar-refractivity contribution in [2.75, 3.05) is 18.0 Å². The fourth-order valence-corrected chi connectivity index (χ4v) is 2.64. The lowest BCUT2D eigenvalue weighted by Crippen LogP contribution is -2.58. The van der Waals surface area contributed by atoms with Crippen LogP contribution in [0.15, 0.2) is 18.2 Å². The van der Waals surface area contributed by atoms with Gasteiger partial charge in [-0.3, -0.25) is 4.90 Å². The number of nitrogens with two attached hydrogens (primary N) is 1. The van der Waals surface area contributed by atoms with Gasteiger partial charge < -0.3 is 15.7 Å². The maximum Gasteiger partial charge on any atom is 0.407 e. The Hall–Kier alpha value is -1.82. The third-order valence-corrected chi connectivity index (χ3v) is 3.47. The number of nitrogens with zero attached hydrogens (tertiary/aromatic N) is 3. The molecule has 1 aromatic rings. The van der Waals surface area contributed by atoms with Crippen molar-refractivity contribution < 1.29 is 9.90 Å². The van der Waals surface area contributed by atoms with Gasteiger partial charge in [-0.15, -0.1) is 0 Å². The van der Waals surface area contributed by atoms with E-state index in [2.05, 4.69) is 9.88 Å². The van der Waals surface area contributed by atoms with E-state index in [0.29, 0.717) is 19.6 Å². The molecule has 19 heavy (non-hydrogen) atoms. The molecule has 0 radical (unpaired) electrons. The second-order valence-corrected chi connectivity index (χ2v) is 4.98. The van der Waals surface area contributed by atoms with Crippen LogP contribution in [0.2, 0.25) is 0 Å². The number of aromatic nitrogens is 1. The van der Waals surface area contributed by atoms with Crippen LogP contribution in [0, 0.1) is 0 Å². The van der Waals surface area contributed by atoms with Gasteiger partial charge in [0.25, 0.3) is 0 Å². The molecule has 2 heterocycles. The third-order valence-electron chi connectivity index (χ3n) is 3.47. The molecule has 0 bridgehead atoms. The lowest BCUT2D eigenvalue weighted by Gasteiger charge is -2.43. The van der Waals surface area contributed by atoms with Crippen LogP contribution < -0.4 is 10.6 Å². The average molecular weight is 264 g/mol. The molecule has 0 aliphatic carbocycles. The van der Waals surface area contributed by atoms with Crippen LogP contribution in [0.3, 0.4) is 0 Å². The Balaban J connectivity index is 2.17. The summed E-state index contributed by atoms with van der Waals surface area (Å²) in [4.78, 5) is 19.3. The van der Waals surface area contributed by atoms with Crippen LogP contribution in [0.1, 0.15) is 19.5 Å². The van der Waals surface area contributed by atoms with Crippen molar-refractivity contribution in [1.82, 2.24) is 9.88 Å². The highest BCUT2D eigenvalue weighted by atomic mass is 16.4. The molecule has 104 valence electrons. The van der Waals surface area contributed by atoms with Crippen molar-refractivity contribution in [2.24, 2.45) is 5.73 Å². The molecule has 1 fully saturated rings. The Bertz CT molecular complexity index is 454. The summed E-state index contributed by atoms with van der Waals surface area (Å²) in [5, 5.41) is 9.19. The minimum absolute atomic E-state index is 0.0513. The van der Waals surface area contributed by atoms with Crippen LogP contribution in [-0.4, -0.2) is 46.3 Å². The topological polar surface area (TPSA) is 82.7 Å². The van der Waals surface area contributed by atoms with Crippen molar-refractivity contribution >= 4 is 11.9 Å². The molecule has 0 aromatic carbocycles. The van der Waals surface area contributed by atoms with Gasteiger partial charge >= 0.3 is 6.09 Å². The van der Waals surface area contributed by atoms with Gasteiger partial charge in [0.05, 0.1) is 17.8 Å². The molecule has 0 unspecified atom stereocenters. The Kier molecular flexibility index (Phi) is 3.90. The zero-order valence-corrected chi connectivity index (χ0v) is 11.3. The molecular formula is C13H20N4O2. The van der Waals surface area contributed by atoms with Crippen molar-refractivity contribution in [1.29, 1.82) is 0 Å². The van der Waals surface area contributed by atoms with E-state index in [1.807, 2.05) is 32.0 Å². The first-order chi connectivity index (χ1) is 9.02. The van der Waals surface area contributed by atoms with E-state index in [1.165, 1.54) is 4.90 Å². The second kappa shape index (κ2) is 5.44. The lowest BCUT2D eigenvalue weighted by molar-refractivity contribution is 0.0981. The Labute approximate surface area is 112 Å². The molecule has 2 atom stereocenters. The summed E-state index contributed by atoms with van der Waals surface area (Å²) in [5.74, 6) is 0.867. The van der Waals surface area contributed by atoms with Gasteiger partial charge in [0, 0.05) is 19.6 Å². The molecule has 0 spiro atoms. The van der Waals surface area contributed by atoms with Crippen LogP contribution in [0.25, 0.3) is 0 Å². The van der Waals surface area contributed by atoms with E-state index < -0.39 is 6.09 Å².